The molecular formula is C37H34ClN3O4. The number of rotatable bonds is 6. The molecule has 5 atom stereocenters. The highest BCUT2D eigenvalue weighted by Crippen LogP contribution is 2.55. The summed E-state index contributed by atoms with van der Waals surface area (Å²) in [6, 6.07) is 22.6. The number of nitrogens with one attached hydrogen (secondary N) is 1. The van der Waals surface area contributed by atoms with Crippen molar-refractivity contribution in [3.05, 3.63) is 117 Å². The van der Waals surface area contributed by atoms with Crippen LogP contribution in [0, 0.1) is 17.8 Å². The average Bonchev–Trinajstić information content (AvgIpc) is 3.66. The number of fused-ring (bicyclic) bond motifs is 3. The molecule has 3 fully saturated rings. The molecule has 0 radical (unpaired) electrons. The second-order valence-electron chi connectivity index (χ2n) is 13.2. The zero-order valence-corrected chi connectivity index (χ0v) is 25.5. The highest BCUT2D eigenvalue weighted by atomic mass is 35.5. The molecule has 1 amide bonds. The van der Waals surface area contributed by atoms with E-state index in [2.05, 4.69) is 10.3 Å². The monoisotopic (exact) mass is 619 g/mol. The number of aromatic nitrogens is 2. The topological polar surface area (TPSA) is 97.4 Å². The normalized spacial score (nSPS) is 25.4. The Morgan fingerprint density at radius 3 is 2.67 bits per heavy atom. The van der Waals surface area contributed by atoms with Crippen molar-refractivity contribution >= 4 is 28.4 Å². The third kappa shape index (κ3) is 5.08. The summed E-state index contributed by atoms with van der Waals surface area (Å²) in [4.78, 5) is 32.0. The molecule has 45 heavy (non-hydrogen) atoms. The lowest BCUT2D eigenvalue weighted by Crippen LogP contribution is -2.41. The van der Waals surface area contributed by atoms with Gasteiger partial charge < -0.3 is 19.4 Å². The first-order valence-corrected chi connectivity index (χ1v) is 16.2. The molecule has 2 heterocycles. The first kappa shape index (κ1) is 28.3. The van der Waals surface area contributed by atoms with Crippen molar-refractivity contribution < 1.29 is 14.3 Å². The molecule has 3 aliphatic carbocycles. The van der Waals surface area contributed by atoms with E-state index in [9.17, 15) is 14.7 Å². The Morgan fingerprint density at radius 2 is 1.89 bits per heavy atom. The Balaban J connectivity index is 1.13. The van der Waals surface area contributed by atoms with E-state index in [-0.39, 0.29) is 17.4 Å². The molecule has 3 aromatic carbocycles. The minimum Gasteiger partial charge on any atom is -0.443 e. The SMILES string of the molecule is O=C(N[C@@H]1CC[C@@]2(O)CC3C[C@H](C[C@@H]31)C2)c1ccc(Cc2c(-c3ncco3)n(-c3ccccc3)c3cc(Cl)ccc3c2=O)cc1. The number of carbonyl (C=O) groups excluding carboxylic acids is 1. The molecule has 0 aliphatic heterocycles. The van der Waals surface area contributed by atoms with Crippen LogP contribution in [0.25, 0.3) is 28.2 Å². The smallest absolute Gasteiger partial charge is 0.251 e. The van der Waals surface area contributed by atoms with Crippen molar-refractivity contribution in [1.29, 1.82) is 0 Å². The molecule has 5 aromatic rings. The van der Waals surface area contributed by atoms with E-state index in [1.165, 1.54) is 12.7 Å². The molecule has 0 spiro atoms. The van der Waals surface area contributed by atoms with Gasteiger partial charge in [0, 0.05) is 39.7 Å². The van der Waals surface area contributed by atoms with Crippen molar-refractivity contribution in [2.75, 3.05) is 0 Å². The van der Waals surface area contributed by atoms with Crippen molar-refractivity contribution in [1.82, 2.24) is 14.9 Å². The van der Waals surface area contributed by atoms with Gasteiger partial charge in [-0.3, -0.25) is 9.59 Å². The van der Waals surface area contributed by atoms with E-state index in [0.717, 1.165) is 43.4 Å². The molecule has 0 saturated heterocycles. The average molecular weight is 620 g/mol. The van der Waals surface area contributed by atoms with Gasteiger partial charge in [0.2, 0.25) is 5.89 Å². The molecule has 2 aromatic heterocycles. The third-order valence-corrected chi connectivity index (χ3v) is 10.6. The van der Waals surface area contributed by atoms with Crippen LogP contribution in [-0.4, -0.2) is 32.2 Å². The van der Waals surface area contributed by atoms with E-state index in [1.807, 2.05) is 59.2 Å². The maximum absolute atomic E-state index is 14.1. The summed E-state index contributed by atoms with van der Waals surface area (Å²) in [6.07, 6.45) is 9.03. The quantitative estimate of drug-likeness (QED) is 0.214. The number of oxazole rings is 1. The van der Waals surface area contributed by atoms with Crippen LogP contribution in [0.4, 0.5) is 0 Å². The highest BCUT2D eigenvalue weighted by molar-refractivity contribution is 6.31. The molecule has 3 bridgehead atoms. The Kier molecular flexibility index (Phi) is 6.91. The van der Waals surface area contributed by atoms with Gasteiger partial charge in [0.25, 0.3) is 5.91 Å². The number of hydrogen-bond acceptors (Lipinski definition) is 5. The summed E-state index contributed by atoms with van der Waals surface area (Å²) in [6.45, 7) is 0. The van der Waals surface area contributed by atoms with Crippen LogP contribution in [0.2, 0.25) is 5.02 Å². The van der Waals surface area contributed by atoms with E-state index in [4.69, 9.17) is 16.0 Å². The largest absolute Gasteiger partial charge is 0.443 e. The molecule has 7 nitrogen and oxygen atoms in total. The standard InChI is InChI=1S/C37H34ClN3O4/c38-26-10-11-28-32(19-26)41(27-4-2-1-3-5-27)33(36-39-14-15-45-36)30(34(28)42)17-22-6-8-24(9-7-22)35(43)40-31-12-13-37(44)20-23-16-25(21-37)29(31)18-23/h1-11,14-15,19,23,25,29,31,44H,12-13,16-18,20-21H2,(H,40,43)/t23-,25?,29+,31-,37+/m1/s1. The summed E-state index contributed by atoms with van der Waals surface area (Å²) in [7, 11) is 0. The zero-order valence-electron chi connectivity index (χ0n) is 24.8. The van der Waals surface area contributed by atoms with Crippen LogP contribution in [0.15, 0.2) is 94.5 Å². The lowest BCUT2D eigenvalue weighted by molar-refractivity contribution is -0.0247. The first-order valence-electron chi connectivity index (χ1n) is 15.8. The van der Waals surface area contributed by atoms with Gasteiger partial charge in [-0.2, -0.15) is 0 Å². The van der Waals surface area contributed by atoms with Crippen LogP contribution >= 0.6 is 11.6 Å². The Morgan fingerprint density at radius 1 is 1.07 bits per heavy atom. The van der Waals surface area contributed by atoms with Gasteiger partial charge in [-0.1, -0.05) is 41.9 Å². The minimum atomic E-state index is -0.554. The van der Waals surface area contributed by atoms with E-state index >= 15 is 0 Å². The number of halogens is 1. The molecule has 3 saturated carbocycles. The van der Waals surface area contributed by atoms with Gasteiger partial charge in [-0.05, 0) is 104 Å². The number of carbonyl (C=O) groups is 1. The molecule has 1 unspecified atom stereocenters. The fourth-order valence-electron chi connectivity index (χ4n) is 8.51. The maximum Gasteiger partial charge on any atom is 0.251 e. The van der Waals surface area contributed by atoms with Gasteiger partial charge in [0.1, 0.15) is 12.0 Å². The van der Waals surface area contributed by atoms with Gasteiger partial charge in [0.15, 0.2) is 5.43 Å². The van der Waals surface area contributed by atoms with E-state index in [1.54, 1.807) is 24.4 Å². The molecule has 228 valence electrons. The van der Waals surface area contributed by atoms with Crippen LogP contribution in [0.3, 0.4) is 0 Å². The summed E-state index contributed by atoms with van der Waals surface area (Å²) in [5.41, 5.74) is 3.40. The second kappa shape index (κ2) is 11.0. The number of aliphatic hydroxyl groups is 1. The summed E-state index contributed by atoms with van der Waals surface area (Å²) >= 11 is 6.43. The first-order chi connectivity index (χ1) is 21.8. The number of pyridine rings is 1. The van der Waals surface area contributed by atoms with Gasteiger partial charge in [-0.25, -0.2) is 4.98 Å². The number of hydrogen-bond donors (Lipinski definition) is 2. The predicted molar refractivity (Wildman–Crippen MR) is 174 cm³/mol. The number of amides is 1. The van der Waals surface area contributed by atoms with Crippen molar-refractivity contribution in [2.45, 2.75) is 56.6 Å². The van der Waals surface area contributed by atoms with E-state index in [0.29, 0.717) is 62.8 Å². The van der Waals surface area contributed by atoms with Crippen LogP contribution in [0.5, 0.6) is 0 Å². The molecule has 3 aliphatic rings. The summed E-state index contributed by atoms with van der Waals surface area (Å²) in [5.74, 6) is 1.77. The predicted octanol–water partition coefficient (Wildman–Crippen LogP) is 6.95. The molecule has 8 heteroatoms. The number of benzene rings is 3. The fraction of sp³-hybridized carbons (Fsp3) is 0.324. The number of nitrogens with zero attached hydrogens (tertiary/aromatic N) is 2. The van der Waals surface area contributed by atoms with Crippen LogP contribution < -0.4 is 10.7 Å². The molecule has 8 rings (SSSR count). The van der Waals surface area contributed by atoms with Gasteiger partial charge in [-0.15, -0.1) is 0 Å². The van der Waals surface area contributed by atoms with Crippen molar-refractivity contribution in [3.63, 3.8) is 0 Å². The van der Waals surface area contributed by atoms with Crippen molar-refractivity contribution in [2.24, 2.45) is 17.8 Å². The lowest BCUT2D eigenvalue weighted by atomic mass is 9.76. The molecular weight excluding hydrogens is 586 g/mol. The Bertz CT molecular complexity index is 1950. The summed E-state index contributed by atoms with van der Waals surface area (Å²) < 4.78 is 7.78. The minimum absolute atomic E-state index is 0.0887. The number of para-hydroxylation sites is 1. The van der Waals surface area contributed by atoms with Gasteiger partial charge in [0.05, 0.1) is 17.3 Å². The van der Waals surface area contributed by atoms with Crippen LogP contribution in [0.1, 0.15) is 60.0 Å². The molecule has 2 N–H and O–H groups in total. The lowest BCUT2D eigenvalue weighted by Gasteiger charge is -2.35. The maximum atomic E-state index is 14.1. The van der Waals surface area contributed by atoms with E-state index < -0.39 is 5.60 Å². The second-order valence-corrected chi connectivity index (χ2v) is 13.6. The highest BCUT2D eigenvalue weighted by Gasteiger charge is 2.52. The van der Waals surface area contributed by atoms with Crippen molar-refractivity contribution in [3.8, 4) is 17.3 Å². The summed E-state index contributed by atoms with van der Waals surface area (Å²) in [5, 5.41) is 15.5. The Hall–Kier alpha value is -4.20. The van der Waals surface area contributed by atoms with Crippen LogP contribution in [-0.2, 0) is 6.42 Å². The third-order valence-electron chi connectivity index (χ3n) is 10.4. The fourth-order valence-corrected chi connectivity index (χ4v) is 8.68. The van der Waals surface area contributed by atoms with Gasteiger partial charge >= 0.3 is 0 Å². The zero-order chi connectivity index (χ0) is 30.7. The Labute approximate surface area is 265 Å².